The third-order valence-corrected chi connectivity index (χ3v) is 9.63. The molecule has 3 atom stereocenters. The Kier molecular flexibility index (Phi) is 37.0. The lowest BCUT2D eigenvalue weighted by Gasteiger charge is -2.28. The number of aliphatic hydroxyl groups is 1. The molecule has 0 rings (SSSR count). The minimum absolute atomic E-state index is 0.0602. The Morgan fingerprint density at radius 2 is 1.20 bits per heavy atom. The van der Waals surface area contributed by atoms with Crippen LogP contribution in [0, 0.1) is 0 Å². The molecule has 0 bridgehead atoms. The summed E-state index contributed by atoms with van der Waals surface area (Å²) in [4.78, 5) is 37.5. The number of rotatable bonds is 38. The molecule has 0 aromatic rings. The largest absolute Gasteiger partial charge is 0.756 e. The molecule has 0 aliphatic carbocycles. The minimum atomic E-state index is -4.67. The van der Waals surface area contributed by atoms with Crippen LogP contribution in [-0.4, -0.2) is 81.2 Å². The summed E-state index contributed by atoms with van der Waals surface area (Å²) in [5, 5.41) is 10.0. The average Bonchev–Trinajstić information content (AvgIpc) is 3.18. The van der Waals surface area contributed by atoms with E-state index in [1.54, 1.807) is 6.08 Å². The molecule has 0 aromatic carbocycles. The van der Waals surface area contributed by atoms with Gasteiger partial charge in [-0.1, -0.05) is 137 Å². The Morgan fingerprint density at radius 1 is 0.644 bits per heavy atom. The van der Waals surface area contributed by atoms with Crippen molar-refractivity contribution in [1.29, 1.82) is 0 Å². The molecule has 0 amide bonds. The predicted octanol–water partition coefficient (Wildman–Crippen LogP) is 10.9. The van der Waals surface area contributed by atoms with Crippen LogP contribution >= 0.6 is 7.82 Å². The first-order chi connectivity index (χ1) is 28.4. The number of esters is 2. The summed E-state index contributed by atoms with van der Waals surface area (Å²) in [7, 11) is 1.06. The van der Waals surface area contributed by atoms with Gasteiger partial charge in [-0.2, -0.15) is 0 Å². The van der Waals surface area contributed by atoms with Crippen LogP contribution in [0.4, 0.5) is 0 Å². The van der Waals surface area contributed by atoms with Crippen molar-refractivity contribution in [2.45, 2.75) is 148 Å². The molecule has 1 N–H and O–H groups in total. The molecular weight excluding hydrogens is 766 g/mol. The standard InChI is InChI=1S/C48H80NO9P/c1-6-8-10-12-14-15-16-17-18-19-20-21-22-23-28-32-36-40-48(52)58-46(44-57-59(53,54)56-42-41-49(3,4)5)43-55-47(51)39-35-31-27-25-24-26-30-34-38-45(50)37-33-29-13-11-9-7-2/h8,10,14-15,17-18,20-21,25-27,29-30,33-34,38,45-46,50H,6-7,9,11-13,16,19,22-24,28,31-32,35-37,39-44H2,1-5H3/b10-8-,15-14-,18-17-,21-20-,27-25-,30-26-,33-29-,38-34+/t45-,46-/m1/s1. The molecule has 0 radical (unpaired) electrons. The highest BCUT2D eigenvalue weighted by molar-refractivity contribution is 7.45. The van der Waals surface area contributed by atoms with E-state index in [9.17, 15) is 24.2 Å². The number of nitrogens with zero attached hydrogens (tertiary/aromatic N) is 1. The summed E-state index contributed by atoms with van der Waals surface area (Å²) in [6, 6.07) is 0. The zero-order valence-electron chi connectivity index (χ0n) is 37.3. The lowest BCUT2D eigenvalue weighted by Crippen LogP contribution is -2.37. The number of likely N-dealkylation sites (N-methyl/N-ethyl adjacent to an activating group) is 1. The molecule has 10 nitrogen and oxygen atoms in total. The molecule has 0 fully saturated rings. The normalized spacial score (nSPS) is 15.0. The van der Waals surface area contributed by atoms with Crippen LogP contribution in [0.1, 0.15) is 136 Å². The van der Waals surface area contributed by atoms with Gasteiger partial charge in [-0.3, -0.25) is 14.2 Å². The monoisotopic (exact) mass is 846 g/mol. The highest BCUT2D eigenvalue weighted by Gasteiger charge is 2.21. The van der Waals surface area contributed by atoms with Crippen molar-refractivity contribution in [3.05, 3.63) is 97.2 Å². The van der Waals surface area contributed by atoms with Gasteiger partial charge >= 0.3 is 11.9 Å². The summed E-state index contributed by atoms with van der Waals surface area (Å²) < 4.78 is 33.8. The van der Waals surface area contributed by atoms with Crippen LogP contribution in [0.15, 0.2) is 97.2 Å². The van der Waals surface area contributed by atoms with Gasteiger partial charge < -0.3 is 33.0 Å². The molecule has 1 unspecified atom stereocenters. The van der Waals surface area contributed by atoms with E-state index in [-0.39, 0.29) is 26.1 Å². The van der Waals surface area contributed by atoms with Crippen molar-refractivity contribution >= 4 is 19.8 Å². The minimum Gasteiger partial charge on any atom is -0.756 e. The second kappa shape index (κ2) is 39.1. The van der Waals surface area contributed by atoms with Crippen LogP contribution in [0.25, 0.3) is 0 Å². The first kappa shape index (κ1) is 55.9. The van der Waals surface area contributed by atoms with Crippen LogP contribution in [0.3, 0.4) is 0 Å². The van der Waals surface area contributed by atoms with E-state index < -0.39 is 38.6 Å². The van der Waals surface area contributed by atoms with E-state index in [0.29, 0.717) is 36.7 Å². The second-order valence-electron chi connectivity index (χ2n) is 15.5. The Morgan fingerprint density at radius 3 is 1.85 bits per heavy atom. The molecule has 11 heteroatoms. The predicted molar refractivity (Wildman–Crippen MR) is 241 cm³/mol. The highest BCUT2D eigenvalue weighted by atomic mass is 31.2. The van der Waals surface area contributed by atoms with Gasteiger partial charge in [0.15, 0.2) is 6.10 Å². The Bertz CT molecular complexity index is 1340. The maximum absolute atomic E-state index is 12.7. The molecule has 0 spiro atoms. The summed E-state index contributed by atoms with van der Waals surface area (Å²) in [6.07, 6.45) is 47.5. The summed E-state index contributed by atoms with van der Waals surface area (Å²) in [5.41, 5.74) is 0. The molecule has 0 aliphatic rings. The number of carbonyl (C=O) groups is 2. The van der Waals surface area contributed by atoms with E-state index in [1.165, 1.54) is 19.3 Å². The van der Waals surface area contributed by atoms with Gasteiger partial charge in [-0.05, 0) is 83.5 Å². The molecule has 0 heterocycles. The van der Waals surface area contributed by atoms with E-state index in [0.717, 1.165) is 64.2 Å². The van der Waals surface area contributed by atoms with Gasteiger partial charge in [0.05, 0.1) is 33.9 Å². The van der Waals surface area contributed by atoms with Gasteiger partial charge in [0, 0.05) is 12.8 Å². The Balaban J connectivity index is 4.58. The van der Waals surface area contributed by atoms with Gasteiger partial charge in [0.1, 0.15) is 19.8 Å². The number of aliphatic hydroxyl groups excluding tert-OH is 1. The molecule has 59 heavy (non-hydrogen) atoms. The molecule has 336 valence electrons. The van der Waals surface area contributed by atoms with Crippen LogP contribution in [0.5, 0.6) is 0 Å². The lowest BCUT2D eigenvalue weighted by molar-refractivity contribution is -0.870. The SMILES string of the molecule is CC/C=C\C/C=C\C/C=C\C/C=C\CCCCCCC(=O)O[C@H](COC(=O)CCC/C=C\C/C=C\C=C\[C@H](O)C/C=C\CCCCC)COP(=O)([O-])OCC[N+](C)(C)C. The number of allylic oxidation sites excluding steroid dienone is 14. The number of carbonyl (C=O) groups excluding carboxylic acids is 2. The number of ether oxygens (including phenoxy) is 2. The molecular formula is C48H80NO9P. The topological polar surface area (TPSA) is 131 Å². The Labute approximate surface area is 358 Å². The zero-order chi connectivity index (χ0) is 43.7. The number of unbranched alkanes of at least 4 members (excludes halogenated alkanes) is 8. The summed E-state index contributed by atoms with van der Waals surface area (Å²) in [6.45, 7) is 3.87. The summed E-state index contributed by atoms with van der Waals surface area (Å²) >= 11 is 0. The second-order valence-corrected chi connectivity index (χ2v) is 16.9. The van der Waals surface area contributed by atoms with Gasteiger partial charge in [0.25, 0.3) is 7.82 Å². The van der Waals surface area contributed by atoms with Crippen LogP contribution in [0.2, 0.25) is 0 Å². The quantitative estimate of drug-likeness (QED) is 0.0161. The van der Waals surface area contributed by atoms with Crippen molar-refractivity contribution in [1.82, 2.24) is 0 Å². The number of hydrogen-bond donors (Lipinski definition) is 1. The van der Waals surface area contributed by atoms with Crippen molar-refractivity contribution < 1.29 is 47.2 Å². The maximum Gasteiger partial charge on any atom is 0.306 e. The summed E-state index contributed by atoms with van der Waals surface area (Å²) in [5.74, 6) is -0.979. The molecule has 0 aliphatic heterocycles. The third-order valence-electron chi connectivity index (χ3n) is 8.67. The smallest absolute Gasteiger partial charge is 0.306 e. The fourth-order valence-electron chi connectivity index (χ4n) is 5.19. The maximum atomic E-state index is 12.7. The van der Waals surface area contributed by atoms with E-state index in [1.807, 2.05) is 57.6 Å². The van der Waals surface area contributed by atoms with Crippen LogP contribution < -0.4 is 4.89 Å². The Hall–Kier alpha value is -3.11. The van der Waals surface area contributed by atoms with Crippen LogP contribution in [-0.2, 0) is 32.7 Å². The number of quaternary nitrogens is 1. The van der Waals surface area contributed by atoms with Gasteiger partial charge in [-0.25, -0.2) is 0 Å². The van der Waals surface area contributed by atoms with Crippen molar-refractivity contribution in [2.75, 3.05) is 47.5 Å². The van der Waals surface area contributed by atoms with E-state index >= 15 is 0 Å². The molecule has 0 saturated carbocycles. The van der Waals surface area contributed by atoms with Gasteiger partial charge in [0.2, 0.25) is 0 Å². The average molecular weight is 846 g/mol. The van der Waals surface area contributed by atoms with Crippen molar-refractivity contribution in [3.8, 4) is 0 Å². The third kappa shape index (κ3) is 42.8. The first-order valence-corrected chi connectivity index (χ1v) is 23.5. The molecule has 0 aromatic heterocycles. The van der Waals surface area contributed by atoms with E-state index in [4.69, 9.17) is 18.5 Å². The number of hydrogen-bond acceptors (Lipinski definition) is 9. The van der Waals surface area contributed by atoms with E-state index in [2.05, 4.69) is 68.5 Å². The highest BCUT2D eigenvalue weighted by Crippen LogP contribution is 2.38. The fraction of sp³-hybridized carbons (Fsp3) is 0.625. The molecule has 0 saturated heterocycles. The lowest BCUT2D eigenvalue weighted by atomic mass is 10.1. The fourth-order valence-corrected chi connectivity index (χ4v) is 5.92. The zero-order valence-corrected chi connectivity index (χ0v) is 38.2. The first-order valence-electron chi connectivity index (χ1n) is 22.1. The van der Waals surface area contributed by atoms with Crippen molar-refractivity contribution in [3.63, 3.8) is 0 Å². The number of phosphoric ester groups is 1. The van der Waals surface area contributed by atoms with Crippen molar-refractivity contribution in [2.24, 2.45) is 0 Å². The van der Waals surface area contributed by atoms with Gasteiger partial charge in [-0.15, -0.1) is 0 Å². The number of phosphoric acid groups is 1.